The second kappa shape index (κ2) is 4.48. The van der Waals surface area contributed by atoms with Gasteiger partial charge in [-0.05, 0) is 0 Å². The van der Waals surface area contributed by atoms with Crippen LogP contribution in [0, 0.1) is 0 Å². The SMILES string of the molecule is CC(C)(C)c1cnc(C(=O)O)c(CC(=O)O)n1. The summed E-state index contributed by atoms with van der Waals surface area (Å²) in [6.45, 7) is 5.67. The molecule has 1 aromatic rings. The van der Waals surface area contributed by atoms with Crippen LogP contribution in [0.3, 0.4) is 0 Å². The van der Waals surface area contributed by atoms with E-state index in [9.17, 15) is 9.59 Å². The van der Waals surface area contributed by atoms with E-state index in [0.717, 1.165) is 0 Å². The van der Waals surface area contributed by atoms with Crippen molar-refractivity contribution in [2.24, 2.45) is 0 Å². The molecule has 0 saturated heterocycles. The number of aromatic nitrogens is 2. The largest absolute Gasteiger partial charge is 0.481 e. The molecule has 0 aromatic carbocycles. The Morgan fingerprint density at radius 3 is 2.29 bits per heavy atom. The number of carbonyl (C=O) groups is 2. The number of nitrogens with zero attached hydrogens (tertiary/aromatic N) is 2. The van der Waals surface area contributed by atoms with Crippen molar-refractivity contribution >= 4 is 11.9 Å². The third-order valence-electron chi connectivity index (χ3n) is 2.13. The molecule has 6 nitrogen and oxygen atoms in total. The molecular weight excluding hydrogens is 224 g/mol. The molecule has 1 rings (SSSR count). The Hall–Kier alpha value is -1.98. The summed E-state index contributed by atoms with van der Waals surface area (Å²) in [5.74, 6) is -2.40. The van der Waals surface area contributed by atoms with Crippen molar-refractivity contribution < 1.29 is 19.8 Å². The molecule has 1 aromatic heterocycles. The molecule has 0 aliphatic carbocycles. The molecule has 0 bridgehead atoms. The fourth-order valence-corrected chi connectivity index (χ4v) is 1.23. The molecule has 6 heteroatoms. The number of carboxylic acids is 2. The van der Waals surface area contributed by atoms with Gasteiger partial charge in [0, 0.05) is 11.6 Å². The van der Waals surface area contributed by atoms with E-state index >= 15 is 0 Å². The molecule has 2 N–H and O–H groups in total. The second-order valence-corrected chi connectivity index (χ2v) is 4.68. The number of aliphatic carboxylic acids is 1. The van der Waals surface area contributed by atoms with E-state index in [0.29, 0.717) is 5.69 Å². The smallest absolute Gasteiger partial charge is 0.356 e. The van der Waals surface area contributed by atoms with Gasteiger partial charge in [0.1, 0.15) is 0 Å². The summed E-state index contributed by atoms with van der Waals surface area (Å²) >= 11 is 0. The van der Waals surface area contributed by atoms with Crippen LogP contribution in [0.2, 0.25) is 0 Å². The van der Waals surface area contributed by atoms with Crippen LogP contribution in [0.4, 0.5) is 0 Å². The minimum atomic E-state index is -1.27. The Bertz CT molecular complexity index is 463. The molecule has 0 aliphatic rings. The Balaban J connectivity index is 3.29. The molecule has 92 valence electrons. The van der Waals surface area contributed by atoms with Crippen molar-refractivity contribution in [1.82, 2.24) is 9.97 Å². The maximum absolute atomic E-state index is 10.9. The van der Waals surface area contributed by atoms with Crippen molar-refractivity contribution in [2.45, 2.75) is 32.6 Å². The normalized spacial score (nSPS) is 11.2. The lowest BCUT2D eigenvalue weighted by molar-refractivity contribution is -0.136. The zero-order valence-electron chi connectivity index (χ0n) is 9.89. The fourth-order valence-electron chi connectivity index (χ4n) is 1.23. The van der Waals surface area contributed by atoms with Gasteiger partial charge in [-0.25, -0.2) is 9.78 Å². The van der Waals surface area contributed by atoms with Gasteiger partial charge in [-0.15, -0.1) is 0 Å². The van der Waals surface area contributed by atoms with Crippen LogP contribution in [-0.2, 0) is 16.6 Å². The zero-order chi connectivity index (χ0) is 13.2. The third-order valence-corrected chi connectivity index (χ3v) is 2.13. The first-order valence-corrected chi connectivity index (χ1v) is 5.03. The quantitative estimate of drug-likeness (QED) is 0.817. The number of carboxylic acid groups (broad SMARTS) is 2. The van der Waals surface area contributed by atoms with Gasteiger partial charge >= 0.3 is 11.9 Å². The lowest BCUT2D eigenvalue weighted by Gasteiger charge is -2.18. The number of aromatic carboxylic acids is 1. The van der Waals surface area contributed by atoms with Crippen molar-refractivity contribution in [3.63, 3.8) is 0 Å². The fraction of sp³-hybridized carbons (Fsp3) is 0.455. The predicted molar refractivity (Wildman–Crippen MR) is 59.0 cm³/mol. The molecule has 0 saturated carbocycles. The summed E-state index contributed by atoms with van der Waals surface area (Å²) in [6, 6.07) is 0. The van der Waals surface area contributed by atoms with E-state index in [1.165, 1.54) is 6.20 Å². The van der Waals surface area contributed by atoms with E-state index in [-0.39, 0.29) is 16.8 Å². The minimum Gasteiger partial charge on any atom is -0.481 e. The lowest BCUT2D eigenvalue weighted by Crippen LogP contribution is -2.19. The highest BCUT2D eigenvalue weighted by molar-refractivity contribution is 5.88. The molecule has 0 aliphatic heterocycles. The van der Waals surface area contributed by atoms with E-state index < -0.39 is 18.4 Å². The third kappa shape index (κ3) is 3.24. The lowest BCUT2D eigenvalue weighted by atomic mass is 9.92. The van der Waals surface area contributed by atoms with Gasteiger partial charge in [0.25, 0.3) is 0 Å². The highest BCUT2D eigenvalue weighted by Crippen LogP contribution is 2.20. The highest BCUT2D eigenvalue weighted by Gasteiger charge is 2.21. The summed E-state index contributed by atoms with van der Waals surface area (Å²) in [6.07, 6.45) is 0.924. The Labute approximate surface area is 98.3 Å². The van der Waals surface area contributed by atoms with Crippen LogP contribution >= 0.6 is 0 Å². The number of hydrogen-bond donors (Lipinski definition) is 2. The second-order valence-electron chi connectivity index (χ2n) is 4.68. The predicted octanol–water partition coefficient (Wildman–Crippen LogP) is 1.10. The first kappa shape index (κ1) is 13.1. The number of hydrogen-bond acceptors (Lipinski definition) is 4. The Kier molecular flexibility index (Phi) is 3.45. The molecule has 0 atom stereocenters. The van der Waals surface area contributed by atoms with E-state index in [1.807, 2.05) is 20.8 Å². The molecule has 0 spiro atoms. The average Bonchev–Trinajstić information content (AvgIpc) is 2.14. The molecule has 1 heterocycles. The Morgan fingerprint density at radius 2 is 1.88 bits per heavy atom. The molecule has 0 amide bonds. The van der Waals surface area contributed by atoms with Crippen LogP contribution in [0.5, 0.6) is 0 Å². The average molecular weight is 238 g/mol. The number of rotatable bonds is 3. The first-order chi connectivity index (χ1) is 7.71. The molecule has 0 fully saturated rings. The summed E-state index contributed by atoms with van der Waals surface area (Å²) in [5.41, 5.74) is -0.0614. The molecular formula is C11H14N2O4. The van der Waals surface area contributed by atoms with Crippen LogP contribution in [0.1, 0.15) is 42.6 Å². The maximum Gasteiger partial charge on any atom is 0.356 e. The first-order valence-electron chi connectivity index (χ1n) is 5.03. The topological polar surface area (TPSA) is 100 Å². The van der Waals surface area contributed by atoms with Crippen molar-refractivity contribution in [2.75, 3.05) is 0 Å². The van der Waals surface area contributed by atoms with Gasteiger partial charge in [-0.1, -0.05) is 20.8 Å². The Morgan fingerprint density at radius 1 is 1.29 bits per heavy atom. The molecule has 0 radical (unpaired) electrons. The van der Waals surface area contributed by atoms with Gasteiger partial charge in [0.15, 0.2) is 5.69 Å². The summed E-state index contributed by atoms with van der Waals surface area (Å²) < 4.78 is 0. The molecule has 0 unspecified atom stereocenters. The van der Waals surface area contributed by atoms with Gasteiger partial charge in [-0.2, -0.15) is 0 Å². The summed E-state index contributed by atoms with van der Waals surface area (Å²) in [4.78, 5) is 29.4. The standard InChI is InChI=1S/C11H14N2O4/c1-11(2,3)7-5-12-9(10(16)17)6(13-7)4-8(14)15/h5H,4H2,1-3H3,(H,14,15)(H,16,17). The highest BCUT2D eigenvalue weighted by atomic mass is 16.4. The maximum atomic E-state index is 10.9. The van der Waals surface area contributed by atoms with Crippen LogP contribution in [0.15, 0.2) is 6.20 Å². The van der Waals surface area contributed by atoms with Crippen molar-refractivity contribution in [3.05, 3.63) is 23.3 Å². The zero-order valence-corrected chi connectivity index (χ0v) is 9.89. The van der Waals surface area contributed by atoms with Crippen LogP contribution in [0.25, 0.3) is 0 Å². The minimum absolute atomic E-state index is 0.0163. The van der Waals surface area contributed by atoms with Crippen LogP contribution in [-0.4, -0.2) is 32.1 Å². The van der Waals surface area contributed by atoms with E-state index in [1.54, 1.807) is 0 Å². The van der Waals surface area contributed by atoms with Gasteiger partial charge in [0.05, 0.1) is 17.8 Å². The summed E-state index contributed by atoms with van der Waals surface area (Å²) in [5, 5.41) is 17.6. The van der Waals surface area contributed by atoms with Gasteiger partial charge in [0.2, 0.25) is 0 Å². The van der Waals surface area contributed by atoms with Gasteiger partial charge in [-0.3, -0.25) is 9.78 Å². The van der Waals surface area contributed by atoms with Crippen LogP contribution < -0.4 is 0 Å². The van der Waals surface area contributed by atoms with Crippen molar-refractivity contribution in [3.8, 4) is 0 Å². The monoisotopic (exact) mass is 238 g/mol. The van der Waals surface area contributed by atoms with E-state index in [2.05, 4.69) is 9.97 Å². The molecule has 17 heavy (non-hydrogen) atoms. The van der Waals surface area contributed by atoms with Gasteiger partial charge < -0.3 is 10.2 Å². The van der Waals surface area contributed by atoms with Crippen molar-refractivity contribution in [1.29, 1.82) is 0 Å². The summed E-state index contributed by atoms with van der Waals surface area (Å²) in [7, 11) is 0. The van der Waals surface area contributed by atoms with E-state index in [4.69, 9.17) is 10.2 Å².